The lowest BCUT2D eigenvalue weighted by atomic mass is 10.4. The molecule has 1 rings (SSSR count). The first kappa shape index (κ1) is 9.85. The van der Waals surface area contributed by atoms with Crippen LogP contribution in [0.5, 0.6) is 0 Å². The Morgan fingerprint density at radius 2 is 1.70 bits per heavy atom. The number of ether oxygens (including phenoxy) is 1. The van der Waals surface area contributed by atoms with Crippen molar-refractivity contribution >= 4 is 56.9 Å². The summed E-state index contributed by atoms with van der Waals surface area (Å²) in [6, 6.07) is 0. The van der Waals surface area contributed by atoms with Crippen LogP contribution in [-0.2, 0) is 4.74 Å². The van der Waals surface area contributed by atoms with E-state index in [0.717, 1.165) is 23.7 Å². The van der Waals surface area contributed by atoms with E-state index in [1.54, 1.807) is 0 Å². The molecule has 4 heteroatoms. The van der Waals surface area contributed by atoms with Gasteiger partial charge >= 0.3 is 0 Å². The van der Waals surface area contributed by atoms with E-state index < -0.39 is 0 Å². The Kier molecular flexibility index (Phi) is 5.34. The summed E-state index contributed by atoms with van der Waals surface area (Å²) >= 11 is 6.95. The topological polar surface area (TPSA) is 9.23 Å². The van der Waals surface area contributed by atoms with Crippen LogP contribution in [0.15, 0.2) is 0 Å². The third-order valence-electron chi connectivity index (χ3n) is 1.34. The Balaban J connectivity index is 2.25. The molecule has 0 N–H and O–H groups in total. The summed E-state index contributed by atoms with van der Waals surface area (Å²) in [6.45, 7) is 1.92. The highest BCUT2D eigenvalue weighted by atomic mass is 127. The molecule has 1 nitrogen and oxygen atoms in total. The van der Waals surface area contributed by atoms with Crippen LogP contribution in [0, 0.1) is 0 Å². The van der Waals surface area contributed by atoms with E-state index in [0.29, 0.717) is 0 Å². The average molecular weight is 384 g/mol. The molecule has 0 saturated carbocycles. The zero-order chi connectivity index (χ0) is 7.40. The molecule has 0 aromatic heterocycles. The first-order chi connectivity index (χ1) is 4.86. The van der Waals surface area contributed by atoms with Crippen molar-refractivity contribution in [3.8, 4) is 0 Å². The summed E-state index contributed by atoms with van der Waals surface area (Å²) in [5.41, 5.74) is 0. The fourth-order valence-corrected chi connectivity index (χ4v) is 3.64. The Hall–Kier alpha value is 1.77. The molecule has 0 aromatic rings. The fourth-order valence-electron chi connectivity index (χ4n) is 0.843. The van der Waals surface area contributed by atoms with Gasteiger partial charge in [0.2, 0.25) is 0 Å². The summed E-state index contributed by atoms with van der Waals surface area (Å²) in [6.07, 6.45) is 0. The summed E-state index contributed by atoms with van der Waals surface area (Å²) in [4.78, 5) is 0. The van der Waals surface area contributed by atoms with Crippen LogP contribution in [0.1, 0.15) is 0 Å². The SMILES string of the molecule is ICC1COCC(CI)S1. The monoisotopic (exact) mass is 384 g/mol. The predicted octanol–water partition coefficient (Wildman–Crippen LogP) is 2.36. The van der Waals surface area contributed by atoms with Gasteiger partial charge in [0, 0.05) is 19.4 Å². The van der Waals surface area contributed by atoms with E-state index in [9.17, 15) is 0 Å². The number of alkyl halides is 2. The standard InChI is InChI=1S/C6H10I2OS/c7-1-5-3-9-4-6(2-8)10-5/h5-6H,1-4H2. The zero-order valence-corrected chi connectivity index (χ0v) is 10.7. The van der Waals surface area contributed by atoms with Crippen LogP contribution >= 0.6 is 56.9 Å². The van der Waals surface area contributed by atoms with Crippen LogP contribution in [0.3, 0.4) is 0 Å². The van der Waals surface area contributed by atoms with E-state index in [2.05, 4.69) is 56.9 Å². The van der Waals surface area contributed by atoms with E-state index >= 15 is 0 Å². The minimum atomic E-state index is 0.745. The van der Waals surface area contributed by atoms with Gasteiger partial charge in [-0.2, -0.15) is 0 Å². The lowest BCUT2D eigenvalue weighted by Gasteiger charge is -2.26. The van der Waals surface area contributed by atoms with Crippen LogP contribution < -0.4 is 0 Å². The molecule has 0 amide bonds. The molecule has 10 heavy (non-hydrogen) atoms. The van der Waals surface area contributed by atoms with Crippen molar-refractivity contribution in [2.75, 3.05) is 22.1 Å². The maximum absolute atomic E-state index is 5.45. The molecule has 0 bridgehead atoms. The van der Waals surface area contributed by atoms with Gasteiger partial charge in [0.25, 0.3) is 0 Å². The van der Waals surface area contributed by atoms with Crippen molar-refractivity contribution in [1.29, 1.82) is 0 Å². The molecular formula is C6H10I2OS. The molecule has 1 saturated heterocycles. The number of hydrogen-bond acceptors (Lipinski definition) is 2. The largest absolute Gasteiger partial charge is 0.379 e. The van der Waals surface area contributed by atoms with Gasteiger partial charge in [0.15, 0.2) is 0 Å². The maximum atomic E-state index is 5.45. The van der Waals surface area contributed by atoms with E-state index in [1.165, 1.54) is 8.86 Å². The zero-order valence-electron chi connectivity index (χ0n) is 5.56. The van der Waals surface area contributed by atoms with Crippen molar-refractivity contribution in [1.82, 2.24) is 0 Å². The van der Waals surface area contributed by atoms with Gasteiger partial charge in [-0.1, -0.05) is 45.2 Å². The predicted molar refractivity (Wildman–Crippen MR) is 63.8 cm³/mol. The Bertz CT molecular complexity index is 91.7. The molecule has 1 heterocycles. The highest BCUT2D eigenvalue weighted by Crippen LogP contribution is 2.26. The quantitative estimate of drug-likeness (QED) is 0.534. The van der Waals surface area contributed by atoms with Crippen molar-refractivity contribution < 1.29 is 4.74 Å². The molecule has 2 unspecified atom stereocenters. The van der Waals surface area contributed by atoms with Crippen LogP contribution in [0.2, 0.25) is 0 Å². The fraction of sp³-hybridized carbons (Fsp3) is 1.00. The second-order valence-electron chi connectivity index (χ2n) is 2.23. The molecule has 1 aliphatic heterocycles. The molecule has 60 valence electrons. The van der Waals surface area contributed by atoms with Gasteiger partial charge in [0.05, 0.1) is 13.2 Å². The highest BCUT2D eigenvalue weighted by molar-refractivity contribution is 14.1. The number of thioether (sulfide) groups is 1. The van der Waals surface area contributed by atoms with Crippen molar-refractivity contribution in [3.05, 3.63) is 0 Å². The van der Waals surface area contributed by atoms with Crippen molar-refractivity contribution in [3.63, 3.8) is 0 Å². The molecule has 0 aromatic carbocycles. The second-order valence-corrected chi connectivity index (χ2v) is 5.59. The smallest absolute Gasteiger partial charge is 0.0593 e. The lowest BCUT2D eigenvalue weighted by molar-refractivity contribution is 0.134. The first-order valence-corrected chi connectivity index (χ1v) is 7.21. The normalized spacial score (nSPS) is 34.2. The van der Waals surface area contributed by atoms with Gasteiger partial charge in [-0.15, -0.1) is 11.8 Å². The van der Waals surface area contributed by atoms with Gasteiger partial charge in [-0.3, -0.25) is 0 Å². The van der Waals surface area contributed by atoms with Crippen LogP contribution in [-0.4, -0.2) is 32.6 Å². The average Bonchev–Trinajstić information content (AvgIpc) is 2.05. The van der Waals surface area contributed by atoms with Crippen LogP contribution in [0.25, 0.3) is 0 Å². The van der Waals surface area contributed by atoms with Crippen LogP contribution in [0.4, 0.5) is 0 Å². The van der Waals surface area contributed by atoms with Crippen molar-refractivity contribution in [2.45, 2.75) is 10.5 Å². The summed E-state index contributed by atoms with van der Waals surface area (Å²) in [5.74, 6) is 0. The van der Waals surface area contributed by atoms with E-state index in [1.807, 2.05) is 0 Å². The summed E-state index contributed by atoms with van der Waals surface area (Å²) in [5, 5.41) is 1.49. The minimum Gasteiger partial charge on any atom is -0.379 e. The van der Waals surface area contributed by atoms with Crippen molar-refractivity contribution in [2.24, 2.45) is 0 Å². The summed E-state index contributed by atoms with van der Waals surface area (Å²) < 4.78 is 7.88. The first-order valence-electron chi connectivity index (χ1n) is 3.22. The molecule has 0 aliphatic carbocycles. The Morgan fingerprint density at radius 3 is 2.10 bits per heavy atom. The highest BCUT2D eigenvalue weighted by Gasteiger charge is 2.20. The van der Waals surface area contributed by atoms with Gasteiger partial charge < -0.3 is 4.74 Å². The second kappa shape index (κ2) is 5.42. The third-order valence-corrected chi connectivity index (χ3v) is 6.03. The third kappa shape index (κ3) is 3.02. The lowest BCUT2D eigenvalue weighted by Crippen LogP contribution is -2.29. The number of hydrogen-bond donors (Lipinski definition) is 0. The molecule has 0 spiro atoms. The van der Waals surface area contributed by atoms with Gasteiger partial charge in [-0.05, 0) is 0 Å². The molecule has 2 atom stereocenters. The van der Waals surface area contributed by atoms with E-state index in [4.69, 9.17) is 4.74 Å². The Labute approximate surface area is 93.3 Å². The maximum Gasteiger partial charge on any atom is 0.0593 e. The number of halogens is 2. The van der Waals surface area contributed by atoms with E-state index in [-0.39, 0.29) is 0 Å². The minimum absolute atomic E-state index is 0.745. The van der Waals surface area contributed by atoms with Gasteiger partial charge in [0.1, 0.15) is 0 Å². The number of rotatable bonds is 2. The molecular weight excluding hydrogens is 374 g/mol. The molecule has 1 aliphatic rings. The Morgan fingerprint density at radius 1 is 1.20 bits per heavy atom. The molecule has 0 radical (unpaired) electrons. The van der Waals surface area contributed by atoms with Gasteiger partial charge in [-0.25, -0.2) is 0 Å². The summed E-state index contributed by atoms with van der Waals surface area (Å²) in [7, 11) is 0. The molecule has 1 fully saturated rings.